The van der Waals surface area contributed by atoms with Gasteiger partial charge < -0.3 is 14.4 Å². The first kappa shape index (κ1) is 20.1. The highest BCUT2D eigenvalue weighted by Crippen LogP contribution is 2.42. The van der Waals surface area contributed by atoms with E-state index in [4.69, 9.17) is 9.47 Å². The van der Waals surface area contributed by atoms with E-state index in [9.17, 15) is 13.2 Å². The molecule has 0 saturated carbocycles. The SMILES string of the molecule is O=C(c1sccc1S(=O)(=O)N1CCOCC1)N1CCOC2(CCc3ccccc32)C1. The van der Waals surface area contributed by atoms with E-state index in [1.807, 2.05) is 12.1 Å². The third-order valence-corrected chi connectivity index (χ3v) is 9.16. The summed E-state index contributed by atoms with van der Waals surface area (Å²) in [5, 5.41) is 1.68. The number of amides is 1. The Balaban J connectivity index is 1.42. The van der Waals surface area contributed by atoms with Crippen LogP contribution in [0.3, 0.4) is 0 Å². The molecule has 1 spiro atoms. The van der Waals surface area contributed by atoms with E-state index in [1.54, 1.807) is 16.3 Å². The van der Waals surface area contributed by atoms with Crippen LogP contribution in [-0.4, -0.2) is 69.5 Å². The van der Waals surface area contributed by atoms with Gasteiger partial charge in [-0.2, -0.15) is 4.31 Å². The molecule has 3 aliphatic rings. The van der Waals surface area contributed by atoms with Gasteiger partial charge in [-0.1, -0.05) is 24.3 Å². The average Bonchev–Trinajstić information content (AvgIpc) is 3.41. The molecule has 2 saturated heterocycles. The number of fused-ring (bicyclic) bond motifs is 2. The maximum atomic E-state index is 13.4. The van der Waals surface area contributed by atoms with Crippen molar-refractivity contribution in [3.05, 3.63) is 51.7 Å². The standard InChI is InChI=1S/C21H24N2O5S2/c24-20(19-18(6-14-29-19)30(25,26)23-9-11-27-12-10-23)22-8-13-28-21(15-22)7-5-16-3-1-2-4-17(16)21/h1-4,6,14H,5,7-13,15H2. The fourth-order valence-electron chi connectivity index (χ4n) is 4.65. The summed E-state index contributed by atoms with van der Waals surface area (Å²) in [4.78, 5) is 15.6. The van der Waals surface area contributed by atoms with Crippen molar-refractivity contribution in [2.45, 2.75) is 23.3 Å². The van der Waals surface area contributed by atoms with Gasteiger partial charge in [0.05, 0.1) is 26.4 Å². The quantitative estimate of drug-likeness (QED) is 0.719. The molecule has 0 bridgehead atoms. The van der Waals surface area contributed by atoms with Gasteiger partial charge in [-0.15, -0.1) is 11.3 Å². The number of carbonyl (C=O) groups excluding carboxylic acids is 1. The van der Waals surface area contributed by atoms with Gasteiger partial charge in [-0.05, 0) is 35.4 Å². The van der Waals surface area contributed by atoms with E-state index in [0.717, 1.165) is 18.4 Å². The van der Waals surface area contributed by atoms with Gasteiger partial charge in [0, 0.05) is 19.6 Å². The number of aryl methyl sites for hydroxylation is 1. The minimum atomic E-state index is -3.72. The summed E-state index contributed by atoms with van der Waals surface area (Å²) in [5.74, 6) is -0.233. The number of carbonyl (C=O) groups is 1. The van der Waals surface area contributed by atoms with Crippen LogP contribution in [0.15, 0.2) is 40.6 Å². The molecule has 1 aromatic heterocycles. The molecule has 0 radical (unpaired) electrons. The molecule has 1 aliphatic carbocycles. The minimum absolute atomic E-state index is 0.103. The fraction of sp³-hybridized carbons (Fsp3) is 0.476. The normalized spacial score (nSPS) is 24.9. The number of sulfonamides is 1. The topological polar surface area (TPSA) is 76.2 Å². The number of ether oxygens (including phenoxy) is 2. The number of hydrogen-bond acceptors (Lipinski definition) is 6. The maximum Gasteiger partial charge on any atom is 0.265 e. The van der Waals surface area contributed by atoms with E-state index < -0.39 is 15.6 Å². The summed E-state index contributed by atoms with van der Waals surface area (Å²) in [6.07, 6.45) is 1.76. The molecular weight excluding hydrogens is 424 g/mol. The van der Waals surface area contributed by atoms with E-state index in [-0.39, 0.29) is 15.7 Å². The first-order valence-corrected chi connectivity index (χ1v) is 12.5. The van der Waals surface area contributed by atoms with Gasteiger partial charge in [0.2, 0.25) is 10.0 Å². The lowest BCUT2D eigenvalue weighted by Crippen LogP contribution is -2.51. The van der Waals surface area contributed by atoms with Crippen LogP contribution >= 0.6 is 11.3 Å². The van der Waals surface area contributed by atoms with Crippen molar-refractivity contribution < 1.29 is 22.7 Å². The van der Waals surface area contributed by atoms with Crippen LogP contribution in [0.4, 0.5) is 0 Å². The molecule has 1 amide bonds. The monoisotopic (exact) mass is 448 g/mol. The van der Waals surface area contributed by atoms with Crippen LogP contribution in [0.25, 0.3) is 0 Å². The molecule has 2 aliphatic heterocycles. The van der Waals surface area contributed by atoms with Gasteiger partial charge in [-0.3, -0.25) is 4.79 Å². The largest absolute Gasteiger partial charge is 0.379 e. The van der Waals surface area contributed by atoms with Crippen LogP contribution in [-0.2, 0) is 31.5 Å². The van der Waals surface area contributed by atoms with Crippen molar-refractivity contribution in [2.24, 2.45) is 0 Å². The molecule has 0 N–H and O–H groups in total. The summed E-state index contributed by atoms with van der Waals surface area (Å²) < 4.78 is 39.2. The first-order valence-electron chi connectivity index (χ1n) is 10.2. The molecule has 1 aromatic carbocycles. The third-order valence-electron chi connectivity index (χ3n) is 6.19. The average molecular weight is 449 g/mol. The second kappa shape index (κ2) is 7.72. The Kier molecular flexibility index (Phi) is 5.19. The Labute approximate surface area is 180 Å². The molecular formula is C21H24N2O5S2. The zero-order valence-electron chi connectivity index (χ0n) is 16.6. The minimum Gasteiger partial charge on any atom is -0.379 e. The molecule has 5 rings (SSSR count). The van der Waals surface area contributed by atoms with Crippen LogP contribution in [0.5, 0.6) is 0 Å². The van der Waals surface area contributed by atoms with E-state index in [0.29, 0.717) is 46.0 Å². The molecule has 160 valence electrons. The third kappa shape index (κ3) is 3.29. The van der Waals surface area contributed by atoms with Crippen molar-refractivity contribution >= 4 is 27.3 Å². The van der Waals surface area contributed by atoms with Crippen LogP contribution in [0, 0.1) is 0 Å². The maximum absolute atomic E-state index is 13.4. The second-order valence-electron chi connectivity index (χ2n) is 7.86. The summed E-state index contributed by atoms with van der Waals surface area (Å²) >= 11 is 1.19. The van der Waals surface area contributed by atoms with Crippen molar-refractivity contribution in [3.8, 4) is 0 Å². The predicted molar refractivity (Wildman–Crippen MR) is 112 cm³/mol. The molecule has 9 heteroatoms. The smallest absolute Gasteiger partial charge is 0.265 e. The lowest BCUT2D eigenvalue weighted by Gasteiger charge is -2.41. The Morgan fingerprint density at radius 1 is 1.07 bits per heavy atom. The highest BCUT2D eigenvalue weighted by Gasteiger charge is 2.45. The molecule has 2 aromatic rings. The van der Waals surface area contributed by atoms with E-state index in [1.165, 1.54) is 21.2 Å². The van der Waals surface area contributed by atoms with E-state index >= 15 is 0 Å². The Hall–Kier alpha value is -1.78. The summed E-state index contributed by atoms with van der Waals surface area (Å²) in [7, 11) is -3.72. The molecule has 30 heavy (non-hydrogen) atoms. The lowest BCUT2D eigenvalue weighted by molar-refractivity contribution is -0.103. The number of morpholine rings is 2. The lowest BCUT2D eigenvalue weighted by atomic mass is 9.93. The number of nitrogens with zero attached hydrogens (tertiary/aromatic N) is 2. The Morgan fingerprint density at radius 2 is 1.87 bits per heavy atom. The number of rotatable bonds is 3. The summed E-state index contributed by atoms with van der Waals surface area (Å²) in [5.41, 5.74) is 1.92. The molecule has 2 fully saturated rings. The molecule has 1 unspecified atom stereocenters. The highest BCUT2D eigenvalue weighted by molar-refractivity contribution is 7.89. The van der Waals surface area contributed by atoms with Crippen LogP contribution in [0.2, 0.25) is 0 Å². The highest BCUT2D eigenvalue weighted by atomic mass is 32.2. The van der Waals surface area contributed by atoms with Gasteiger partial charge in [0.15, 0.2) is 0 Å². The van der Waals surface area contributed by atoms with Crippen LogP contribution < -0.4 is 0 Å². The van der Waals surface area contributed by atoms with Crippen LogP contribution in [0.1, 0.15) is 27.2 Å². The number of hydrogen-bond donors (Lipinski definition) is 0. The Morgan fingerprint density at radius 3 is 2.70 bits per heavy atom. The van der Waals surface area contributed by atoms with Crippen molar-refractivity contribution in [2.75, 3.05) is 46.0 Å². The second-order valence-corrected chi connectivity index (χ2v) is 10.7. The van der Waals surface area contributed by atoms with E-state index in [2.05, 4.69) is 12.1 Å². The molecule has 3 heterocycles. The van der Waals surface area contributed by atoms with Crippen molar-refractivity contribution in [1.82, 2.24) is 9.21 Å². The number of benzene rings is 1. The first-order chi connectivity index (χ1) is 14.5. The van der Waals surface area contributed by atoms with Crippen molar-refractivity contribution in [3.63, 3.8) is 0 Å². The van der Waals surface area contributed by atoms with Gasteiger partial charge in [0.1, 0.15) is 15.4 Å². The number of thiophene rings is 1. The molecule has 7 nitrogen and oxygen atoms in total. The fourth-order valence-corrected chi connectivity index (χ4v) is 7.42. The molecule has 1 atom stereocenters. The zero-order chi connectivity index (χ0) is 20.8. The Bertz CT molecular complexity index is 1060. The van der Waals surface area contributed by atoms with Gasteiger partial charge >= 0.3 is 0 Å². The van der Waals surface area contributed by atoms with Gasteiger partial charge in [-0.25, -0.2) is 8.42 Å². The summed E-state index contributed by atoms with van der Waals surface area (Å²) in [6.45, 7) is 2.70. The zero-order valence-corrected chi connectivity index (χ0v) is 18.2. The summed E-state index contributed by atoms with van der Waals surface area (Å²) in [6, 6.07) is 9.76. The predicted octanol–water partition coefficient (Wildman–Crippen LogP) is 2.08. The van der Waals surface area contributed by atoms with Crippen molar-refractivity contribution in [1.29, 1.82) is 0 Å². The van der Waals surface area contributed by atoms with Gasteiger partial charge in [0.25, 0.3) is 5.91 Å².